The Hall–Kier alpha value is -3.65. The monoisotopic (exact) mass is 543 g/mol. The molecule has 1 aliphatic rings. The summed E-state index contributed by atoms with van der Waals surface area (Å²) in [6, 6.07) is 26.4. The highest BCUT2D eigenvalue weighted by molar-refractivity contribution is 6.10. The van der Waals surface area contributed by atoms with Crippen molar-refractivity contribution in [1.82, 2.24) is 4.98 Å². The number of allylic oxidation sites excluding steroid dienone is 4. The van der Waals surface area contributed by atoms with Crippen LogP contribution in [0.1, 0.15) is 73.1 Å². The van der Waals surface area contributed by atoms with Crippen LogP contribution in [0.25, 0.3) is 10.9 Å². The fourth-order valence-corrected chi connectivity index (χ4v) is 6.49. The van der Waals surface area contributed by atoms with Crippen LogP contribution in [0.2, 0.25) is 0 Å². The molecule has 0 saturated carbocycles. The second-order valence-electron chi connectivity index (χ2n) is 12.9. The molecule has 41 heavy (non-hydrogen) atoms. The van der Waals surface area contributed by atoms with E-state index in [0.29, 0.717) is 11.8 Å². The molecule has 1 aromatic heterocycles. The van der Waals surface area contributed by atoms with Crippen LogP contribution in [-0.2, 0) is 25.7 Å². The van der Waals surface area contributed by atoms with Crippen LogP contribution < -0.4 is 0 Å². The molecule has 1 aliphatic carbocycles. The van der Waals surface area contributed by atoms with Crippen LogP contribution in [0.15, 0.2) is 103 Å². The number of ketones is 1. The Bertz CT molecular complexity index is 1440. The minimum absolute atomic E-state index is 0.202. The van der Waals surface area contributed by atoms with Crippen molar-refractivity contribution in [2.45, 2.75) is 66.2 Å². The highest BCUT2D eigenvalue weighted by Crippen LogP contribution is 2.44. The summed E-state index contributed by atoms with van der Waals surface area (Å²) in [4.78, 5) is 17.6. The number of H-pyrrole nitrogens is 1. The van der Waals surface area contributed by atoms with Gasteiger partial charge in [-0.3, -0.25) is 4.79 Å². The van der Waals surface area contributed by atoms with Gasteiger partial charge in [0.1, 0.15) is 0 Å². The third-order valence-electron chi connectivity index (χ3n) is 8.69. The van der Waals surface area contributed by atoms with Crippen LogP contribution >= 0.6 is 0 Å². The Labute approximate surface area is 246 Å². The van der Waals surface area contributed by atoms with Gasteiger partial charge >= 0.3 is 0 Å². The summed E-state index contributed by atoms with van der Waals surface area (Å²) in [5, 5.41) is 1.01. The maximum absolute atomic E-state index is 14.3. The number of carbonyl (C=O) groups is 1. The van der Waals surface area contributed by atoms with Crippen molar-refractivity contribution in [2.75, 3.05) is 0 Å². The highest BCUT2D eigenvalue weighted by Gasteiger charge is 2.40. The molecular weight excluding hydrogens is 498 g/mol. The van der Waals surface area contributed by atoms with Gasteiger partial charge in [-0.05, 0) is 78.7 Å². The first kappa shape index (κ1) is 28.9. The summed E-state index contributed by atoms with van der Waals surface area (Å²) in [7, 11) is 0. The van der Waals surface area contributed by atoms with E-state index in [0.717, 1.165) is 55.0 Å². The van der Waals surface area contributed by atoms with Gasteiger partial charge in [0.05, 0.1) is 0 Å². The van der Waals surface area contributed by atoms with Crippen molar-refractivity contribution in [1.29, 1.82) is 0 Å². The number of nitrogens with one attached hydrogen (secondary N) is 1. The van der Waals surface area contributed by atoms with Crippen molar-refractivity contribution < 1.29 is 4.79 Å². The van der Waals surface area contributed by atoms with Gasteiger partial charge in [-0.15, -0.1) is 0 Å². The van der Waals surface area contributed by atoms with Gasteiger partial charge in [-0.2, -0.15) is 0 Å². The average molecular weight is 544 g/mol. The van der Waals surface area contributed by atoms with Crippen LogP contribution in [-0.4, -0.2) is 10.8 Å². The number of aryl methyl sites for hydroxylation is 2. The number of hydrogen-bond acceptors (Lipinski definition) is 1. The lowest BCUT2D eigenvalue weighted by Gasteiger charge is -2.38. The van der Waals surface area contributed by atoms with Gasteiger partial charge in [0.2, 0.25) is 0 Å². The molecule has 1 heterocycles. The summed E-state index contributed by atoms with van der Waals surface area (Å²) in [6.07, 6.45) is 16.6. The molecule has 0 spiro atoms. The first-order valence-electron chi connectivity index (χ1n) is 15.4. The number of para-hydroxylation sites is 1. The predicted octanol–water partition coefficient (Wildman–Crippen LogP) is 9.74. The molecule has 1 atom stereocenters. The van der Waals surface area contributed by atoms with E-state index in [1.165, 1.54) is 22.3 Å². The molecule has 4 aromatic rings. The van der Waals surface area contributed by atoms with E-state index in [2.05, 4.69) is 112 Å². The van der Waals surface area contributed by atoms with Gasteiger partial charge in [-0.1, -0.05) is 119 Å². The lowest BCUT2D eigenvalue weighted by molar-refractivity contribution is 0.0844. The fourth-order valence-electron chi connectivity index (χ4n) is 6.49. The quantitative estimate of drug-likeness (QED) is 0.177. The topological polar surface area (TPSA) is 32.9 Å². The van der Waals surface area contributed by atoms with Gasteiger partial charge in [-0.25, -0.2) is 0 Å². The van der Waals surface area contributed by atoms with Crippen molar-refractivity contribution in [3.8, 4) is 0 Å². The van der Waals surface area contributed by atoms with Crippen LogP contribution in [0.5, 0.6) is 0 Å². The average Bonchev–Trinajstić information content (AvgIpc) is 3.40. The third kappa shape index (κ3) is 6.99. The Balaban J connectivity index is 1.42. The molecule has 212 valence electrons. The van der Waals surface area contributed by atoms with Gasteiger partial charge in [0, 0.05) is 34.0 Å². The molecular formula is C39H45NO. The zero-order valence-corrected chi connectivity index (χ0v) is 25.2. The standard InChI is InChI=1S/C39H45NO/c1-28(2)25-32-16-12-30(13-17-32)20-23-39(24-21-31-14-18-33(19-15-31)26-29(3)4)22-8-7-10-36(39)38(41)35-27-40-37-11-6-5-9-34(35)37/h5-19,22,27-29,36,40H,20-21,23-26H2,1-4H3. The first-order chi connectivity index (χ1) is 19.8. The summed E-state index contributed by atoms with van der Waals surface area (Å²) in [5.41, 5.74) is 7.04. The van der Waals surface area contributed by atoms with E-state index in [-0.39, 0.29) is 17.1 Å². The summed E-state index contributed by atoms with van der Waals surface area (Å²) < 4.78 is 0. The van der Waals surface area contributed by atoms with Crippen LogP contribution in [0.3, 0.4) is 0 Å². The highest BCUT2D eigenvalue weighted by atomic mass is 16.1. The third-order valence-corrected chi connectivity index (χ3v) is 8.69. The minimum Gasteiger partial charge on any atom is -0.360 e. The lowest BCUT2D eigenvalue weighted by Crippen LogP contribution is -2.36. The zero-order chi connectivity index (χ0) is 28.8. The van der Waals surface area contributed by atoms with E-state index < -0.39 is 0 Å². The number of fused-ring (bicyclic) bond motifs is 1. The molecule has 2 nitrogen and oxygen atoms in total. The number of carbonyl (C=O) groups excluding carboxylic acids is 1. The van der Waals surface area contributed by atoms with Gasteiger partial charge in [0.25, 0.3) is 0 Å². The Morgan fingerprint density at radius 1 is 0.732 bits per heavy atom. The molecule has 5 rings (SSSR count). The summed E-state index contributed by atoms with van der Waals surface area (Å²) in [6.45, 7) is 9.07. The lowest BCUT2D eigenvalue weighted by atomic mass is 9.64. The van der Waals surface area contributed by atoms with Crippen molar-refractivity contribution in [2.24, 2.45) is 23.2 Å². The zero-order valence-electron chi connectivity index (χ0n) is 25.2. The number of hydrogen-bond donors (Lipinski definition) is 1. The molecule has 0 bridgehead atoms. The molecule has 0 aliphatic heterocycles. The van der Waals surface area contributed by atoms with E-state index in [4.69, 9.17) is 0 Å². The second kappa shape index (κ2) is 12.9. The van der Waals surface area contributed by atoms with E-state index in [1.807, 2.05) is 24.4 Å². The van der Waals surface area contributed by atoms with Crippen molar-refractivity contribution in [3.05, 3.63) is 131 Å². The Kier molecular flexibility index (Phi) is 9.08. The summed E-state index contributed by atoms with van der Waals surface area (Å²) in [5.74, 6) is 1.31. The maximum Gasteiger partial charge on any atom is 0.172 e. The van der Waals surface area contributed by atoms with Gasteiger partial charge < -0.3 is 4.98 Å². The van der Waals surface area contributed by atoms with Crippen molar-refractivity contribution >= 4 is 16.7 Å². The largest absolute Gasteiger partial charge is 0.360 e. The molecule has 0 radical (unpaired) electrons. The second-order valence-corrected chi connectivity index (χ2v) is 12.9. The first-order valence-corrected chi connectivity index (χ1v) is 15.4. The van der Waals surface area contributed by atoms with Crippen molar-refractivity contribution in [3.63, 3.8) is 0 Å². The van der Waals surface area contributed by atoms with Gasteiger partial charge in [0.15, 0.2) is 5.78 Å². The normalized spacial score (nSPS) is 16.2. The molecule has 3 aromatic carbocycles. The SMILES string of the molecule is CC(C)Cc1ccc(CCC2(CCc3ccc(CC(C)C)cc3)C=CC=CC2C(=O)c2c[nH]c3ccccc23)cc1. The number of aromatic nitrogens is 1. The molecule has 0 fully saturated rings. The summed E-state index contributed by atoms with van der Waals surface area (Å²) >= 11 is 0. The van der Waals surface area contributed by atoms with Crippen LogP contribution in [0, 0.1) is 23.2 Å². The number of Topliss-reactive ketones (excluding diaryl/α,β-unsaturated/α-hetero) is 1. The number of rotatable bonds is 12. The Morgan fingerprint density at radius 2 is 1.27 bits per heavy atom. The molecule has 1 unspecified atom stereocenters. The smallest absolute Gasteiger partial charge is 0.172 e. The number of benzene rings is 3. The molecule has 0 amide bonds. The maximum atomic E-state index is 14.3. The molecule has 0 saturated heterocycles. The Morgan fingerprint density at radius 3 is 1.83 bits per heavy atom. The predicted molar refractivity (Wildman–Crippen MR) is 173 cm³/mol. The van der Waals surface area contributed by atoms with E-state index >= 15 is 0 Å². The fraction of sp³-hybridized carbons (Fsp3) is 0.359. The molecule has 2 heteroatoms. The number of aromatic amines is 1. The van der Waals surface area contributed by atoms with E-state index in [1.54, 1.807) is 0 Å². The van der Waals surface area contributed by atoms with E-state index in [9.17, 15) is 4.79 Å². The van der Waals surface area contributed by atoms with Crippen LogP contribution in [0.4, 0.5) is 0 Å². The minimum atomic E-state index is -0.253. The molecule has 1 N–H and O–H groups in total.